The Morgan fingerprint density at radius 1 is 1.00 bits per heavy atom. The monoisotopic (exact) mass is 567 g/mol. The SMILES string of the molecule is CC[C@H]1[C@@H](O)[C@@H]2[C@H](CC[C@]3(C)[C@@H]([C@H](C)CCC(=O)N4CCC[C@@H](S(=O)(=O)O)C4)CC[C@@H]23)[C@@]2(C)CC[C@@H](O)C[C@@H]12. The molecule has 1 saturated heterocycles. The molecule has 8 heteroatoms. The third-order valence-corrected chi connectivity index (χ3v) is 14.3. The summed E-state index contributed by atoms with van der Waals surface area (Å²) in [6.45, 7) is 10.1. The molecule has 0 aromatic carbocycles. The minimum atomic E-state index is -4.12. The highest BCUT2D eigenvalue weighted by Crippen LogP contribution is 2.69. The van der Waals surface area contributed by atoms with Crippen LogP contribution in [-0.2, 0) is 14.9 Å². The first-order chi connectivity index (χ1) is 18.3. The Morgan fingerprint density at radius 2 is 1.69 bits per heavy atom. The molecular weight excluding hydrogens is 514 g/mol. The fraction of sp³-hybridized carbons (Fsp3) is 0.968. The lowest BCUT2D eigenvalue weighted by Gasteiger charge is -2.64. The number of fused-ring (bicyclic) bond motifs is 5. The maximum atomic E-state index is 13.0. The van der Waals surface area contributed by atoms with Crippen LogP contribution < -0.4 is 0 Å². The number of carbonyl (C=O) groups is 1. The van der Waals surface area contributed by atoms with Gasteiger partial charge in [-0.3, -0.25) is 9.35 Å². The molecule has 0 radical (unpaired) electrons. The summed E-state index contributed by atoms with van der Waals surface area (Å²) in [5.74, 6) is 2.94. The highest BCUT2D eigenvalue weighted by molar-refractivity contribution is 7.86. The number of amides is 1. The zero-order valence-corrected chi connectivity index (χ0v) is 25.4. The Hall–Kier alpha value is -0.700. The van der Waals surface area contributed by atoms with Crippen molar-refractivity contribution in [3.8, 4) is 0 Å². The molecule has 3 N–H and O–H groups in total. The van der Waals surface area contributed by atoms with Gasteiger partial charge < -0.3 is 15.1 Å². The van der Waals surface area contributed by atoms with Gasteiger partial charge in [-0.1, -0.05) is 34.1 Å². The van der Waals surface area contributed by atoms with Crippen molar-refractivity contribution < 1.29 is 28.0 Å². The van der Waals surface area contributed by atoms with E-state index in [0.717, 1.165) is 51.4 Å². The highest BCUT2D eigenvalue weighted by atomic mass is 32.2. The summed E-state index contributed by atoms with van der Waals surface area (Å²) in [7, 11) is -4.12. The number of hydrogen-bond acceptors (Lipinski definition) is 5. The highest BCUT2D eigenvalue weighted by Gasteiger charge is 2.64. The van der Waals surface area contributed by atoms with Gasteiger partial charge in [-0.25, -0.2) is 0 Å². The molecule has 0 bridgehead atoms. The number of nitrogens with zero attached hydrogens (tertiary/aromatic N) is 1. The maximum Gasteiger partial charge on any atom is 0.269 e. The van der Waals surface area contributed by atoms with E-state index in [-0.39, 0.29) is 41.4 Å². The molecule has 1 amide bonds. The molecule has 5 fully saturated rings. The lowest BCUT2D eigenvalue weighted by atomic mass is 9.41. The van der Waals surface area contributed by atoms with E-state index in [1.54, 1.807) is 4.90 Å². The Kier molecular flexibility index (Phi) is 8.29. The maximum absolute atomic E-state index is 13.0. The van der Waals surface area contributed by atoms with Crippen LogP contribution >= 0.6 is 0 Å². The van der Waals surface area contributed by atoms with Gasteiger partial charge in [0.25, 0.3) is 10.1 Å². The Balaban J connectivity index is 1.27. The van der Waals surface area contributed by atoms with Gasteiger partial charge in [0.2, 0.25) is 5.91 Å². The summed E-state index contributed by atoms with van der Waals surface area (Å²) in [5.41, 5.74) is 0.372. The quantitative estimate of drug-likeness (QED) is 0.393. The predicted octanol–water partition coefficient (Wildman–Crippen LogP) is 4.91. The first-order valence-corrected chi connectivity index (χ1v) is 17.4. The molecule has 0 unspecified atom stereocenters. The zero-order chi connectivity index (χ0) is 28.3. The van der Waals surface area contributed by atoms with Crippen molar-refractivity contribution >= 4 is 16.0 Å². The van der Waals surface area contributed by atoms with Crippen LogP contribution in [0.1, 0.15) is 105 Å². The number of piperidine rings is 1. The van der Waals surface area contributed by atoms with Crippen molar-refractivity contribution in [1.82, 2.24) is 4.90 Å². The molecule has 0 spiro atoms. The lowest BCUT2D eigenvalue weighted by molar-refractivity contribution is -0.203. The molecule has 12 atom stereocenters. The van der Waals surface area contributed by atoms with Crippen molar-refractivity contribution in [3.05, 3.63) is 0 Å². The van der Waals surface area contributed by atoms with Crippen molar-refractivity contribution in [1.29, 1.82) is 0 Å². The van der Waals surface area contributed by atoms with Crippen LogP contribution in [0.25, 0.3) is 0 Å². The topological polar surface area (TPSA) is 115 Å². The van der Waals surface area contributed by atoms with E-state index >= 15 is 0 Å². The predicted molar refractivity (Wildman–Crippen MR) is 151 cm³/mol. The van der Waals surface area contributed by atoms with Crippen LogP contribution in [0.2, 0.25) is 0 Å². The fourth-order valence-corrected chi connectivity index (χ4v) is 11.9. The first kappa shape index (κ1) is 29.8. The summed E-state index contributed by atoms with van der Waals surface area (Å²) in [4.78, 5) is 14.7. The molecule has 5 rings (SSSR count). The molecular formula is C31H53NO6S. The van der Waals surface area contributed by atoms with Crippen LogP contribution in [0.4, 0.5) is 0 Å². The van der Waals surface area contributed by atoms with E-state index in [1.807, 2.05) is 0 Å². The van der Waals surface area contributed by atoms with Crippen LogP contribution in [0.5, 0.6) is 0 Å². The van der Waals surface area contributed by atoms with Crippen LogP contribution in [-0.4, -0.2) is 64.5 Å². The van der Waals surface area contributed by atoms with E-state index < -0.39 is 15.4 Å². The van der Waals surface area contributed by atoms with E-state index in [1.165, 1.54) is 6.42 Å². The number of aliphatic hydroxyl groups excluding tert-OH is 2. The summed E-state index contributed by atoms with van der Waals surface area (Å²) >= 11 is 0. The molecule has 224 valence electrons. The third-order valence-electron chi connectivity index (χ3n) is 13.1. The van der Waals surface area contributed by atoms with E-state index in [9.17, 15) is 28.0 Å². The van der Waals surface area contributed by atoms with Crippen molar-refractivity contribution in [2.45, 2.75) is 122 Å². The average Bonchev–Trinajstić information content (AvgIpc) is 3.25. The molecule has 5 aliphatic rings. The summed E-state index contributed by atoms with van der Waals surface area (Å²) in [5, 5.41) is 21.6. The minimum Gasteiger partial charge on any atom is -0.393 e. The van der Waals surface area contributed by atoms with Gasteiger partial charge in [0, 0.05) is 19.5 Å². The molecule has 7 nitrogen and oxygen atoms in total. The Labute approximate surface area is 236 Å². The van der Waals surface area contributed by atoms with Gasteiger partial charge in [-0.05, 0) is 116 Å². The minimum absolute atomic E-state index is 0.00514. The average molecular weight is 568 g/mol. The van der Waals surface area contributed by atoms with Crippen molar-refractivity contribution in [2.24, 2.45) is 52.3 Å². The molecule has 4 saturated carbocycles. The van der Waals surface area contributed by atoms with E-state index in [0.29, 0.717) is 61.3 Å². The standard InChI is InChI=1S/C31H53NO6S/c1-5-22-26-17-20(33)12-14-31(26,4)25-13-15-30(3)23(9-10-24(30)28(25)29(22)35)19(2)8-11-27(34)32-16-6-7-21(18-32)39(36,37)38/h19-26,28-29,33,35H,5-18H2,1-4H3,(H,36,37,38)/t19-,20-,21-,22-,23-,24+,25+,26+,28+,29-,30-,31-/m1/s1. The molecule has 39 heavy (non-hydrogen) atoms. The molecule has 1 heterocycles. The number of aliphatic hydroxyl groups is 2. The molecule has 4 aliphatic carbocycles. The summed E-state index contributed by atoms with van der Waals surface area (Å²) in [6.07, 6.45) is 10.1. The fourth-order valence-electron chi connectivity index (χ4n) is 11.1. The number of likely N-dealkylation sites (tertiary alicyclic amines) is 1. The van der Waals surface area contributed by atoms with Crippen LogP contribution in [0.3, 0.4) is 0 Å². The van der Waals surface area contributed by atoms with E-state index in [4.69, 9.17) is 0 Å². The number of hydrogen-bond donors (Lipinski definition) is 3. The van der Waals surface area contributed by atoms with Gasteiger partial charge in [0.05, 0.1) is 12.2 Å². The largest absolute Gasteiger partial charge is 0.393 e. The second kappa shape index (κ2) is 10.9. The van der Waals surface area contributed by atoms with Gasteiger partial charge in [-0.2, -0.15) is 8.42 Å². The Bertz CT molecular complexity index is 1020. The van der Waals surface area contributed by atoms with Gasteiger partial charge in [0.15, 0.2) is 0 Å². The second-order valence-corrected chi connectivity index (χ2v) is 16.5. The molecule has 0 aromatic heterocycles. The van der Waals surface area contributed by atoms with Crippen molar-refractivity contribution in [3.63, 3.8) is 0 Å². The summed E-state index contributed by atoms with van der Waals surface area (Å²) in [6, 6.07) is 0. The first-order valence-electron chi connectivity index (χ1n) is 15.9. The van der Waals surface area contributed by atoms with Gasteiger partial charge >= 0.3 is 0 Å². The molecule has 0 aromatic rings. The van der Waals surface area contributed by atoms with E-state index in [2.05, 4.69) is 27.7 Å². The third kappa shape index (κ3) is 5.12. The Morgan fingerprint density at radius 3 is 2.38 bits per heavy atom. The number of rotatable bonds is 6. The van der Waals surface area contributed by atoms with Crippen LogP contribution in [0, 0.1) is 52.3 Å². The smallest absolute Gasteiger partial charge is 0.269 e. The normalized spacial score (nSPS) is 47.2. The number of carbonyl (C=O) groups excluding carboxylic acids is 1. The van der Waals surface area contributed by atoms with Gasteiger partial charge in [-0.15, -0.1) is 0 Å². The molecule has 1 aliphatic heterocycles. The van der Waals surface area contributed by atoms with Gasteiger partial charge in [0.1, 0.15) is 5.25 Å². The van der Waals surface area contributed by atoms with Crippen LogP contribution in [0.15, 0.2) is 0 Å². The lowest BCUT2D eigenvalue weighted by Crippen LogP contribution is -2.62. The zero-order valence-electron chi connectivity index (χ0n) is 24.6. The summed E-state index contributed by atoms with van der Waals surface area (Å²) < 4.78 is 32.7. The second-order valence-electron chi connectivity index (χ2n) is 14.8. The van der Waals surface area contributed by atoms with Crippen molar-refractivity contribution in [2.75, 3.05) is 13.1 Å².